The number of anilines is 2. The predicted octanol–water partition coefficient (Wildman–Crippen LogP) is 3.89. The van der Waals surface area contributed by atoms with Crippen molar-refractivity contribution in [2.45, 2.75) is 12.8 Å². The summed E-state index contributed by atoms with van der Waals surface area (Å²) in [6.45, 7) is 4.20. The van der Waals surface area contributed by atoms with Gasteiger partial charge in [0.1, 0.15) is 5.82 Å². The lowest BCUT2D eigenvalue weighted by Gasteiger charge is -2.30. The number of fused-ring (bicyclic) bond motifs is 1. The second-order valence-electron chi connectivity index (χ2n) is 8.85. The minimum atomic E-state index is -0.401. The summed E-state index contributed by atoms with van der Waals surface area (Å²) in [5.74, 6) is -0.752. The third kappa shape index (κ3) is 4.51. The normalized spacial score (nSPS) is 15.3. The Labute approximate surface area is 197 Å². The number of aryl methyl sites for hydroxylation is 1. The molecule has 1 aliphatic rings. The first kappa shape index (κ1) is 22.1. The van der Waals surface area contributed by atoms with Gasteiger partial charge in [-0.15, -0.1) is 0 Å². The Morgan fingerprint density at radius 2 is 1.85 bits per heavy atom. The van der Waals surface area contributed by atoms with E-state index in [2.05, 4.69) is 37.5 Å². The van der Waals surface area contributed by atoms with Gasteiger partial charge in [-0.05, 0) is 56.8 Å². The second kappa shape index (κ2) is 9.26. The van der Waals surface area contributed by atoms with E-state index >= 15 is 0 Å². The molecule has 4 aromatic rings. The van der Waals surface area contributed by atoms with E-state index in [1.165, 1.54) is 12.5 Å². The fraction of sp³-hybridized carbons (Fsp3) is 0.320. The minimum absolute atomic E-state index is 0.219. The molecule has 9 heteroatoms. The summed E-state index contributed by atoms with van der Waals surface area (Å²) in [6, 6.07) is 10.9. The van der Waals surface area contributed by atoms with Gasteiger partial charge >= 0.3 is 0 Å². The van der Waals surface area contributed by atoms with Crippen LogP contribution in [0.2, 0.25) is 0 Å². The van der Waals surface area contributed by atoms with Crippen molar-refractivity contribution in [1.82, 2.24) is 24.9 Å². The Bertz CT molecular complexity index is 1310. The third-order valence-electron chi connectivity index (χ3n) is 6.34. The van der Waals surface area contributed by atoms with Crippen LogP contribution in [0.5, 0.6) is 0 Å². The molecule has 5 rings (SSSR count). The van der Waals surface area contributed by atoms with Gasteiger partial charge in [0.05, 0.1) is 11.7 Å². The van der Waals surface area contributed by atoms with Crippen LogP contribution in [0.4, 0.5) is 15.8 Å². The zero-order valence-corrected chi connectivity index (χ0v) is 19.4. The molecule has 1 saturated heterocycles. The number of halogens is 1. The SMILES string of the molecule is CN1CCCCN(c2ccc(NC(=O)c3n[nH]c4cc(F)c(-c5cnn(C)c5)cc34)cc2)CC1. The van der Waals surface area contributed by atoms with Crippen LogP contribution in [-0.2, 0) is 7.05 Å². The minimum Gasteiger partial charge on any atom is -0.370 e. The van der Waals surface area contributed by atoms with Crippen LogP contribution in [0.3, 0.4) is 0 Å². The first-order valence-electron chi connectivity index (χ1n) is 11.5. The average Bonchev–Trinajstić information content (AvgIpc) is 3.42. The van der Waals surface area contributed by atoms with Crippen LogP contribution >= 0.6 is 0 Å². The maximum absolute atomic E-state index is 14.6. The number of aromatic amines is 1. The molecule has 1 aliphatic heterocycles. The summed E-state index contributed by atoms with van der Waals surface area (Å²) >= 11 is 0. The molecule has 3 heterocycles. The number of likely N-dealkylation sites (N-methyl/N-ethyl adjacent to an activating group) is 1. The quantitative estimate of drug-likeness (QED) is 0.482. The van der Waals surface area contributed by atoms with Crippen molar-refractivity contribution >= 4 is 28.2 Å². The Balaban J connectivity index is 1.34. The van der Waals surface area contributed by atoms with Crippen LogP contribution in [0.25, 0.3) is 22.0 Å². The van der Waals surface area contributed by atoms with E-state index in [0.717, 1.165) is 38.3 Å². The maximum Gasteiger partial charge on any atom is 0.276 e. The highest BCUT2D eigenvalue weighted by Gasteiger charge is 2.18. The van der Waals surface area contributed by atoms with Crippen LogP contribution in [0, 0.1) is 5.82 Å². The van der Waals surface area contributed by atoms with E-state index in [-0.39, 0.29) is 11.6 Å². The van der Waals surface area contributed by atoms with Crippen molar-refractivity contribution in [2.75, 3.05) is 43.4 Å². The predicted molar refractivity (Wildman–Crippen MR) is 132 cm³/mol. The largest absolute Gasteiger partial charge is 0.370 e. The van der Waals surface area contributed by atoms with Gasteiger partial charge in [-0.25, -0.2) is 4.39 Å². The fourth-order valence-corrected chi connectivity index (χ4v) is 4.40. The van der Waals surface area contributed by atoms with Gasteiger partial charge in [0.15, 0.2) is 5.69 Å². The molecule has 0 spiro atoms. The fourth-order valence-electron chi connectivity index (χ4n) is 4.40. The molecule has 0 bridgehead atoms. The Hall–Kier alpha value is -3.72. The van der Waals surface area contributed by atoms with Gasteiger partial charge in [0.2, 0.25) is 0 Å². The topological polar surface area (TPSA) is 82.1 Å². The van der Waals surface area contributed by atoms with Gasteiger partial charge in [-0.2, -0.15) is 10.2 Å². The van der Waals surface area contributed by atoms with Crippen molar-refractivity contribution in [3.63, 3.8) is 0 Å². The van der Waals surface area contributed by atoms with E-state index in [1.54, 1.807) is 30.2 Å². The molecule has 2 N–H and O–H groups in total. The average molecular weight is 462 g/mol. The number of benzene rings is 2. The number of nitrogens with zero attached hydrogens (tertiary/aromatic N) is 5. The molecule has 2 aromatic heterocycles. The van der Waals surface area contributed by atoms with Crippen LogP contribution < -0.4 is 10.2 Å². The van der Waals surface area contributed by atoms with Crippen LogP contribution in [0.1, 0.15) is 23.3 Å². The van der Waals surface area contributed by atoms with Crippen LogP contribution in [-0.4, -0.2) is 64.0 Å². The number of rotatable bonds is 4. The highest BCUT2D eigenvalue weighted by molar-refractivity contribution is 6.11. The van der Waals surface area contributed by atoms with Crippen molar-refractivity contribution in [3.05, 3.63) is 60.3 Å². The molecule has 176 valence electrons. The molecular formula is C25H28FN7O. The standard InChI is InChI=1S/C25H28FN7O/c1-31-9-3-4-10-33(12-11-31)19-7-5-18(6-8-19)28-25(34)24-21-13-20(17-15-27-32(2)16-17)22(26)14-23(21)29-30-24/h5-8,13-16H,3-4,9-12H2,1-2H3,(H,28,34)(H,29,30). The number of aromatic nitrogens is 4. The van der Waals surface area contributed by atoms with E-state index in [4.69, 9.17) is 0 Å². The lowest BCUT2D eigenvalue weighted by Crippen LogP contribution is -2.37. The first-order valence-corrected chi connectivity index (χ1v) is 11.5. The number of hydrogen-bond donors (Lipinski definition) is 2. The second-order valence-corrected chi connectivity index (χ2v) is 8.85. The lowest BCUT2D eigenvalue weighted by molar-refractivity contribution is 0.102. The molecule has 34 heavy (non-hydrogen) atoms. The number of carbonyl (C=O) groups is 1. The third-order valence-corrected chi connectivity index (χ3v) is 6.34. The Morgan fingerprint density at radius 3 is 2.62 bits per heavy atom. The van der Waals surface area contributed by atoms with E-state index in [1.807, 2.05) is 24.3 Å². The highest BCUT2D eigenvalue weighted by Crippen LogP contribution is 2.29. The summed E-state index contributed by atoms with van der Waals surface area (Å²) in [4.78, 5) is 17.8. The molecule has 8 nitrogen and oxygen atoms in total. The highest BCUT2D eigenvalue weighted by atomic mass is 19.1. The summed E-state index contributed by atoms with van der Waals surface area (Å²) in [5, 5.41) is 14.5. The van der Waals surface area contributed by atoms with Crippen molar-refractivity contribution < 1.29 is 9.18 Å². The summed E-state index contributed by atoms with van der Waals surface area (Å²) in [7, 11) is 3.93. The smallest absolute Gasteiger partial charge is 0.276 e. The number of carbonyl (C=O) groups excluding carboxylic acids is 1. The zero-order valence-electron chi connectivity index (χ0n) is 19.4. The number of nitrogens with one attached hydrogen (secondary N) is 2. The van der Waals surface area contributed by atoms with Gasteiger partial charge in [-0.1, -0.05) is 0 Å². The first-order chi connectivity index (χ1) is 16.5. The number of hydrogen-bond acceptors (Lipinski definition) is 5. The number of amides is 1. The molecule has 0 aliphatic carbocycles. The van der Waals surface area contributed by atoms with Gasteiger partial charge < -0.3 is 15.1 Å². The Morgan fingerprint density at radius 1 is 1.06 bits per heavy atom. The molecule has 0 radical (unpaired) electrons. The van der Waals surface area contributed by atoms with E-state index in [9.17, 15) is 9.18 Å². The zero-order chi connectivity index (χ0) is 23.7. The summed E-state index contributed by atoms with van der Waals surface area (Å²) in [5.41, 5.74) is 3.53. The van der Waals surface area contributed by atoms with Crippen LogP contribution in [0.15, 0.2) is 48.8 Å². The molecule has 0 unspecified atom stereocenters. The van der Waals surface area contributed by atoms with Crippen molar-refractivity contribution in [3.8, 4) is 11.1 Å². The van der Waals surface area contributed by atoms with Gasteiger partial charge in [0.25, 0.3) is 5.91 Å². The molecule has 1 amide bonds. The summed E-state index contributed by atoms with van der Waals surface area (Å²) in [6.07, 6.45) is 5.69. The molecular weight excluding hydrogens is 433 g/mol. The monoisotopic (exact) mass is 461 g/mol. The van der Waals surface area contributed by atoms with Crippen molar-refractivity contribution in [1.29, 1.82) is 0 Å². The maximum atomic E-state index is 14.6. The molecule has 1 fully saturated rings. The van der Waals surface area contributed by atoms with Crippen molar-refractivity contribution in [2.24, 2.45) is 7.05 Å². The molecule has 0 saturated carbocycles. The molecule has 2 aromatic carbocycles. The number of H-pyrrole nitrogens is 1. The van der Waals surface area contributed by atoms with Gasteiger partial charge in [0, 0.05) is 66.8 Å². The van der Waals surface area contributed by atoms with E-state index in [0.29, 0.717) is 27.7 Å². The molecule has 0 atom stereocenters. The Kier molecular flexibility index (Phi) is 6.02. The lowest BCUT2D eigenvalue weighted by atomic mass is 10.0. The summed E-state index contributed by atoms with van der Waals surface area (Å²) < 4.78 is 16.2. The van der Waals surface area contributed by atoms with Gasteiger partial charge in [-0.3, -0.25) is 14.6 Å². The van der Waals surface area contributed by atoms with E-state index < -0.39 is 5.82 Å².